The number of amides is 2. The molecule has 0 radical (unpaired) electrons. The normalized spacial score (nSPS) is 17.9. The van der Waals surface area contributed by atoms with Gasteiger partial charge in [0.25, 0.3) is 11.8 Å². The maximum absolute atomic E-state index is 12.8. The van der Waals surface area contributed by atoms with Gasteiger partial charge >= 0.3 is 0 Å². The van der Waals surface area contributed by atoms with E-state index in [1.165, 1.54) is 11.3 Å². The highest BCUT2D eigenvalue weighted by atomic mass is 32.1. The number of likely N-dealkylation sites (tertiary alicyclic amines) is 2. The van der Waals surface area contributed by atoms with E-state index in [-0.39, 0.29) is 11.8 Å². The first-order valence-electron chi connectivity index (χ1n) is 10.6. The molecular weight excluding hydrogens is 406 g/mol. The molecule has 2 fully saturated rings. The molecule has 0 aliphatic carbocycles. The highest BCUT2D eigenvalue weighted by Crippen LogP contribution is 2.33. The third-order valence-electron chi connectivity index (χ3n) is 6.29. The molecule has 0 saturated carbocycles. The van der Waals surface area contributed by atoms with Crippen LogP contribution in [0.25, 0.3) is 5.57 Å². The standard InChI is InChI=1S/C25H27N3O2S/c1-3-5-18(4-2)19-6-8-21(9-7-19)24(29)28-16-22(17-28)20-10-13-27(14-11-20)25(30)23-26-12-15-31-23/h3-9,12,15,20,22H,1-2,10-11,13-14,16-17H2/b18-5+. The van der Waals surface area contributed by atoms with Crippen molar-refractivity contribution in [2.24, 2.45) is 11.8 Å². The predicted octanol–water partition coefficient (Wildman–Crippen LogP) is 4.52. The lowest BCUT2D eigenvalue weighted by Gasteiger charge is -2.46. The molecule has 2 aromatic rings. The minimum atomic E-state index is 0.0462. The fourth-order valence-corrected chi connectivity index (χ4v) is 5.01. The maximum Gasteiger partial charge on any atom is 0.282 e. The van der Waals surface area contributed by atoms with E-state index < -0.39 is 0 Å². The van der Waals surface area contributed by atoms with Gasteiger partial charge in [-0.2, -0.15) is 0 Å². The summed E-state index contributed by atoms with van der Waals surface area (Å²) in [5, 5.41) is 2.41. The van der Waals surface area contributed by atoms with Gasteiger partial charge in [0, 0.05) is 43.3 Å². The van der Waals surface area contributed by atoms with Crippen molar-refractivity contribution in [2.45, 2.75) is 12.8 Å². The Labute approximate surface area is 187 Å². The summed E-state index contributed by atoms with van der Waals surface area (Å²) in [4.78, 5) is 33.2. The quantitative estimate of drug-likeness (QED) is 0.629. The Hall–Kier alpha value is -2.99. The molecule has 1 aromatic heterocycles. The number of allylic oxidation sites excluding steroid dienone is 4. The van der Waals surface area contributed by atoms with Crippen LogP contribution in [0.3, 0.4) is 0 Å². The molecule has 2 aliphatic heterocycles. The van der Waals surface area contributed by atoms with Crippen LogP contribution in [-0.4, -0.2) is 52.8 Å². The number of aromatic nitrogens is 1. The van der Waals surface area contributed by atoms with E-state index in [0.717, 1.165) is 50.2 Å². The number of nitrogens with zero attached hydrogens (tertiary/aromatic N) is 3. The van der Waals surface area contributed by atoms with Gasteiger partial charge in [-0.25, -0.2) is 4.98 Å². The highest BCUT2D eigenvalue weighted by Gasteiger charge is 2.38. The third kappa shape index (κ3) is 4.54. The third-order valence-corrected chi connectivity index (χ3v) is 7.05. The minimum Gasteiger partial charge on any atom is -0.338 e. The van der Waals surface area contributed by atoms with Crippen LogP contribution in [0.4, 0.5) is 0 Å². The van der Waals surface area contributed by atoms with Crippen LogP contribution in [-0.2, 0) is 0 Å². The summed E-state index contributed by atoms with van der Waals surface area (Å²) in [5.41, 5.74) is 2.72. The summed E-state index contributed by atoms with van der Waals surface area (Å²) in [6.07, 6.45) is 9.09. The fourth-order valence-electron chi connectivity index (χ4n) is 4.41. The van der Waals surface area contributed by atoms with E-state index in [4.69, 9.17) is 0 Å². The van der Waals surface area contributed by atoms with Crippen LogP contribution in [0.1, 0.15) is 38.6 Å². The molecular formula is C25H27N3O2S. The molecule has 2 aliphatic rings. The van der Waals surface area contributed by atoms with Gasteiger partial charge in [0.15, 0.2) is 5.01 Å². The average molecular weight is 434 g/mol. The van der Waals surface area contributed by atoms with Crippen LogP contribution < -0.4 is 0 Å². The molecule has 0 bridgehead atoms. The second kappa shape index (κ2) is 9.43. The summed E-state index contributed by atoms with van der Waals surface area (Å²) in [6.45, 7) is 10.7. The topological polar surface area (TPSA) is 53.5 Å². The lowest BCUT2D eigenvalue weighted by Crippen LogP contribution is -2.54. The molecule has 3 heterocycles. The number of thiazole rings is 1. The summed E-state index contributed by atoms with van der Waals surface area (Å²) in [7, 11) is 0. The van der Waals surface area contributed by atoms with Crippen LogP contribution in [0.2, 0.25) is 0 Å². The monoisotopic (exact) mass is 433 g/mol. The lowest BCUT2D eigenvalue weighted by molar-refractivity contribution is 0.0228. The molecule has 5 nitrogen and oxygen atoms in total. The van der Waals surface area contributed by atoms with E-state index in [2.05, 4.69) is 18.1 Å². The average Bonchev–Trinajstić information content (AvgIpc) is 3.31. The molecule has 2 saturated heterocycles. The predicted molar refractivity (Wildman–Crippen MR) is 125 cm³/mol. The van der Waals surface area contributed by atoms with Crippen molar-refractivity contribution >= 4 is 28.7 Å². The largest absolute Gasteiger partial charge is 0.338 e. The molecule has 6 heteroatoms. The van der Waals surface area contributed by atoms with Crippen molar-refractivity contribution in [3.8, 4) is 0 Å². The van der Waals surface area contributed by atoms with Gasteiger partial charge in [-0.1, -0.05) is 43.5 Å². The van der Waals surface area contributed by atoms with Crippen LogP contribution in [0.15, 0.2) is 67.2 Å². The number of benzene rings is 1. The number of piperidine rings is 1. The van der Waals surface area contributed by atoms with Crippen molar-refractivity contribution in [3.05, 3.63) is 83.4 Å². The summed E-state index contributed by atoms with van der Waals surface area (Å²) >= 11 is 1.40. The first-order chi connectivity index (χ1) is 15.1. The van der Waals surface area contributed by atoms with Gasteiger partial charge in [-0.15, -0.1) is 11.3 Å². The number of rotatable bonds is 6. The molecule has 1 aromatic carbocycles. The summed E-state index contributed by atoms with van der Waals surface area (Å²) < 4.78 is 0. The van der Waals surface area contributed by atoms with Gasteiger partial charge in [0.05, 0.1) is 0 Å². The SMILES string of the molecule is C=C/C=C(\C=C)c1ccc(C(=O)N2CC(C3CCN(C(=O)c4nccs4)CC3)C2)cc1. The Kier molecular flexibility index (Phi) is 6.47. The van der Waals surface area contributed by atoms with E-state index in [0.29, 0.717) is 22.4 Å². The Bertz CT molecular complexity index is 980. The lowest BCUT2D eigenvalue weighted by atomic mass is 9.79. The molecule has 160 valence electrons. The molecule has 0 unspecified atom stereocenters. The summed E-state index contributed by atoms with van der Waals surface area (Å²) in [6, 6.07) is 7.68. The molecule has 0 spiro atoms. The molecule has 2 amide bonds. The number of carbonyl (C=O) groups is 2. The van der Waals surface area contributed by atoms with Crippen molar-refractivity contribution in [2.75, 3.05) is 26.2 Å². The van der Waals surface area contributed by atoms with E-state index in [9.17, 15) is 9.59 Å². The minimum absolute atomic E-state index is 0.0462. The van der Waals surface area contributed by atoms with Gasteiger partial charge in [0.1, 0.15) is 0 Å². The van der Waals surface area contributed by atoms with E-state index >= 15 is 0 Å². The zero-order chi connectivity index (χ0) is 21.8. The van der Waals surface area contributed by atoms with Gasteiger partial charge in [-0.3, -0.25) is 9.59 Å². The Morgan fingerprint density at radius 2 is 1.65 bits per heavy atom. The van der Waals surface area contributed by atoms with E-state index in [1.807, 2.05) is 45.5 Å². The molecule has 4 rings (SSSR count). The second-order valence-corrected chi connectivity index (χ2v) is 8.97. The van der Waals surface area contributed by atoms with Crippen LogP contribution >= 0.6 is 11.3 Å². The highest BCUT2D eigenvalue weighted by molar-refractivity contribution is 7.11. The zero-order valence-corrected chi connectivity index (χ0v) is 18.4. The van der Waals surface area contributed by atoms with Gasteiger partial charge in [0.2, 0.25) is 0 Å². The Balaban J connectivity index is 1.27. The molecule has 0 N–H and O–H groups in total. The molecule has 0 atom stereocenters. The molecule has 31 heavy (non-hydrogen) atoms. The second-order valence-electron chi connectivity index (χ2n) is 8.08. The van der Waals surface area contributed by atoms with E-state index in [1.54, 1.807) is 18.3 Å². The smallest absolute Gasteiger partial charge is 0.282 e. The van der Waals surface area contributed by atoms with Crippen LogP contribution in [0.5, 0.6) is 0 Å². The fraction of sp³-hybridized carbons (Fsp3) is 0.320. The summed E-state index contributed by atoms with van der Waals surface area (Å²) in [5.74, 6) is 1.24. The van der Waals surface area contributed by atoms with Crippen LogP contribution in [0, 0.1) is 11.8 Å². The van der Waals surface area contributed by atoms with Crippen molar-refractivity contribution in [3.63, 3.8) is 0 Å². The number of hydrogen-bond acceptors (Lipinski definition) is 4. The first kappa shape index (κ1) is 21.2. The number of hydrogen-bond donors (Lipinski definition) is 0. The number of carbonyl (C=O) groups excluding carboxylic acids is 2. The van der Waals surface area contributed by atoms with Crippen molar-refractivity contribution in [1.82, 2.24) is 14.8 Å². The Morgan fingerprint density at radius 3 is 2.23 bits per heavy atom. The van der Waals surface area contributed by atoms with Crippen molar-refractivity contribution in [1.29, 1.82) is 0 Å². The Morgan fingerprint density at radius 1 is 0.968 bits per heavy atom. The van der Waals surface area contributed by atoms with Gasteiger partial charge < -0.3 is 9.80 Å². The van der Waals surface area contributed by atoms with Crippen molar-refractivity contribution < 1.29 is 9.59 Å². The first-order valence-corrected chi connectivity index (χ1v) is 11.5. The zero-order valence-electron chi connectivity index (χ0n) is 17.6. The van der Waals surface area contributed by atoms with Gasteiger partial charge in [-0.05, 0) is 47.9 Å². The maximum atomic E-state index is 12.8.